The molecule has 1 aromatic carbocycles. The van der Waals surface area contributed by atoms with Gasteiger partial charge in [0.2, 0.25) is 5.78 Å². The molecule has 2 rings (SSSR count). The smallest absolute Gasteiger partial charge is 0.204 e. The molecule has 0 saturated carbocycles. The van der Waals surface area contributed by atoms with Crippen LogP contribution in [-0.4, -0.2) is 12.3 Å². The van der Waals surface area contributed by atoms with Crippen LogP contribution < -0.4 is 5.73 Å². The van der Waals surface area contributed by atoms with Crippen LogP contribution in [0.3, 0.4) is 0 Å². The van der Waals surface area contributed by atoms with Gasteiger partial charge in [0.25, 0.3) is 0 Å². The van der Waals surface area contributed by atoms with Crippen LogP contribution in [0.1, 0.15) is 24.4 Å². The maximum absolute atomic E-state index is 12.1. The standard InChI is InChI=1S/C13H14ClNO2/c1-13(2,7-15)12(16)11-6-8-5-9(14)3-4-10(8)17-11/h3-6H,7,15H2,1-2H3. The van der Waals surface area contributed by atoms with Gasteiger partial charge in [0, 0.05) is 22.4 Å². The van der Waals surface area contributed by atoms with Crippen molar-refractivity contribution in [2.24, 2.45) is 11.1 Å². The average molecular weight is 252 g/mol. The van der Waals surface area contributed by atoms with Crippen LogP contribution in [0.2, 0.25) is 5.02 Å². The number of nitrogens with two attached hydrogens (primary N) is 1. The molecule has 0 aliphatic carbocycles. The van der Waals surface area contributed by atoms with Gasteiger partial charge in [0.05, 0.1) is 0 Å². The van der Waals surface area contributed by atoms with Crippen LogP contribution in [0.25, 0.3) is 11.0 Å². The molecule has 90 valence electrons. The molecule has 0 fully saturated rings. The monoisotopic (exact) mass is 251 g/mol. The molecule has 0 atom stereocenters. The second kappa shape index (κ2) is 4.17. The van der Waals surface area contributed by atoms with Crippen LogP contribution in [0.15, 0.2) is 28.7 Å². The first-order valence-corrected chi connectivity index (χ1v) is 5.76. The van der Waals surface area contributed by atoms with E-state index in [1.54, 1.807) is 38.1 Å². The Bertz CT molecular complexity index is 572. The van der Waals surface area contributed by atoms with E-state index in [1.807, 2.05) is 0 Å². The van der Waals surface area contributed by atoms with Crippen molar-refractivity contribution in [2.75, 3.05) is 6.54 Å². The van der Waals surface area contributed by atoms with E-state index in [2.05, 4.69) is 0 Å². The second-order valence-corrected chi connectivity index (χ2v) is 5.15. The van der Waals surface area contributed by atoms with Gasteiger partial charge in [-0.2, -0.15) is 0 Å². The fraction of sp³-hybridized carbons (Fsp3) is 0.308. The normalized spacial score (nSPS) is 12.0. The van der Waals surface area contributed by atoms with E-state index < -0.39 is 5.41 Å². The van der Waals surface area contributed by atoms with E-state index in [0.717, 1.165) is 5.39 Å². The highest BCUT2D eigenvalue weighted by Crippen LogP contribution is 2.27. The van der Waals surface area contributed by atoms with E-state index in [1.165, 1.54) is 0 Å². The first-order chi connectivity index (χ1) is 7.94. The van der Waals surface area contributed by atoms with Gasteiger partial charge in [0.1, 0.15) is 5.58 Å². The molecule has 0 amide bonds. The fourth-order valence-electron chi connectivity index (χ4n) is 1.55. The third-order valence-electron chi connectivity index (χ3n) is 2.83. The Morgan fingerprint density at radius 1 is 1.41 bits per heavy atom. The summed E-state index contributed by atoms with van der Waals surface area (Å²) in [5, 5.41) is 1.45. The van der Waals surface area contributed by atoms with E-state index in [-0.39, 0.29) is 12.3 Å². The van der Waals surface area contributed by atoms with Gasteiger partial charge < -0.3 is 10.2 Å². The number of hydrogen-bond donors (Lipinski definition) is 1. The summed E-state index contributed by atoms with van der Waals surface area (Å²) in [5.41, 5.74) is 5.62. The summed E-state index contributed by atoms with van der Waals surface area (Å²) in [4.78, 5) is 12.1. The van der Waals surface area contributed by atoms with Crippen molar-refractivity contribution in [1.82, 2.24) is 0 Å². The number of rotatable bonds is 3. The highest BCUT2D eigenvalue weighted by molar-refractivity contribution is 6.31. The molecule has 2 aromatic rings. The lowest BCUT2D eigenvalue weighted by atomic mass is 9.87. The van der Waals surface area contributed by atoms with Crippen molar-refractivity contribution < 1.29 is 9.21 Å². The quantitative estimate of drug-likeness (QED) is 0.852. The minimum Gasteiger partial charge on any atom is -0.453 e. The number of carbonyl (C=O) groups excluding carboxylic acids is 1. The van der Waals surface area contributed by atoms with E-state index in [4.69, 9.17) is 21.8 Å². The first kappa shape index (κ1) is 12.1. The fourth-order valence-corrected chi connectivity index (χ4v) is 1.73. The van der Waals surface area contributed by atoms with Crippen molar-refractivity contribution in [2.45, 2.75) is 13.8 Å². The van der Waals surface area contributed by atoms with Crippen molar-refractivity contribution in [3.63, 3.8) is 0 Å². The summed E-state index contributed by atoms with van der Waals surface area (Å²) in [6, 6.07) is 6.97. The number of ketones is 1. The largest absolute Gasteiger partial charge is 0.453 e. The SMILES string of the molecule is CC(C)(CN)C(=O)c1cc2cc(Cl)ccc2o1. The number of halogens is 1. The number of fused-ring (bicyclic) bond motifs is 1. The van der Waals surface area contributed by atoms with Crippen molar-refractivity contribution in [1.29, 1.82) is 0 Å². The molecule has 1 heterocycles. The predicted molar refractivity (Wildman–Crippen MR) is 68.4 cm³/mol. The summed E-state index contributed by atoms with van der Waals surface area (Å²) in [7, 11) is 0. The average Bonchev–Trinajstić information content (AvgIpc) is 2.70. The Hall–Kier alpha value is -1.32. The molecule has 0 bridgehead atoms. The van der Waals surface area contributed by atoms with E-state index in [0.29, 0.717) is 16.4 Å². The lowest BCUT2D eigenvalue weighted by Crippen LogP contribution is -2.32. The highest BCUT2D eigenvalue weighted by Gasteiger charge is 2.29. The van der Waals surface area contributed by atoms with Crippen LogP contribution in [0.4, 0.5) is 0 Å². The Morgan fingerprint density at radius 3 is 2.76 bits per heavy atom. The molecule has 0 unspecified atom stereocenters. The molecule has 0 saturated heterocycles. The molecule has 17 heavy (non-hydrogen) atoms. The minimum atomic E-state index is -0.613. The third-order valence-corrected chi connectivity index (χ3v) is 3.06. The number of benzene rings is 1. The van der Waals surface area contributed by atoms with Gasteiger partial charge >= 0.3 is 0 Å². The number of furan rings is 1. The maximum Gasteiger partial charge on any atom is 0.204 e. The second-order valence-electron chi connectivity index (χ2n) is 4.71. The molecule has 1 aromatic heterocycles. The van der Waals surface area contributed by atoms with Gasteiger partial charge in [-0.1, -0.05) is 25.4 Å². The molecular formula is C13H14ClNO2. The molecule has 0 aliphatic heterocycles. The Kier molecular flexibility index (Phi) is 2.98. The molecule has 0 radical (unpaired) electrons. The predicted octanol–water partition coefficient (Wildman–Crippen LogP) is 3.25. The third kappa shape index (κ3) is 2.21. The topological polar surface area (TPSA) is 56.2 Å². The van der Waals surface area contributed by atoms with Crippen LogP contribution >= 0.6 is 11.6 Å². The van der Waals surface area contributed by atoms with Crippen LogP contribution in [0, 0.1) is 5.41 Å². The summed E-state index contributed by atoms with van der Waals surface area (Å²) < 4.78 is 5.51. The molecule has 0 aliphatic rings. The Labute approximate surface area is 105 Å². The molecule has 0 spiro atoms. The molecular weight excluding hydrogens is 238 g/mol. The lowest BCUT2D eigenvalue weighted by molar-refractivity contribution is 0.0820. The lowest BCUT2D eigenvalue weighted by Gasteiger charge is -2.18. The molecule has 2 N–H and O–H groups in total. The zero-order valence-corrected chi connectivity index (χ0v) is 10.5. The highest BCUT2D eigenvalue weighted by atomic mass is 35.5. The van der Waals surface area contributed by atoms with Crippen LogP contribution in [0.5, 0.6) is 0 Å². The molecule has 3 nitrogen and oxygen atoms in total. The summed E-state index contributed by atoms with van der Waals surface area (Å²) in [5.74, 6) is 0.241. The Morgan fingerprint density at radius 2 is 2.12 bits per heavy atom. The zero-order chi connectivity index (χ0) is 12.6. The van der Waals surface area contributed by atoms with E-state index in [9.17, 15) is 4.79 Å². The first-order valence-electron chi connectivity index (χ1n) is 5.38. The Balaban J connectivity index is 2.47. The molecule has 4 heteroatoms. The van der Waals surface area contributed by atoms with Crippen molar-refractivity contribution in [3.8, 4) is 0 Å². The zero-order valence-electron chi connectivity index (χ0n) is 9.79. The van der Waals surface area contributed by atoms with Gasteiger partial charge in [-0.3, -0.25) is 4.79 Å². The van der Waals surface area contributed by atoms with Crippen molar-refractivity contribution >= 4 is 28.4 Å². The van der Waals surface area contributed by atoms with Gasteiger partial charge in [0.15, 0.2) is 5.76 Å². The number of hydrogen-bond acceptors (Lipinski definition) is 3. The minimum absolute atomic E-state index is 0.0904. The van der Waals surface area contributed by atoms with Gasteiger partial charge in [-0.25, -0.2) is 0 Å². The van der Waals surface area contributed by atoms with Gasteiger partial charge in [-0.15, -0.1) is 0 Å². The summed E-state index contributed by atoms with van der Waals surface area (Å²) in [6.07, 6.45) is 0. The summed E-state index contributed by atoms with van der Waals surface area (Å²) >= 11 is 5.88. The summed E-state index contributed by atoms with van der Waals surface area (Å²) in [6.45, 7) is 3.88. The maximum atomic E-state index is 12.1. The van der Waals surface area contributed by atoms with Gasteiger partial charge in [-0.05, 0) is 24.3 Å². The van der Waals surface area contributed by atoms with Crippen LogP contribution in [-0.2, 0) is 0 Å². The number of carbonyl (C=O) groups is 1. The number of Topliss-reactive ketones (excluding diaryl/α,β-unsaturated/α-hetero) is 1. The van der Waals surface area contributed by atoms with Crippen molar-refractivity contribution in [3.05, 3.63) is 35.0 Å². The van der Waals surface area contributed by atoms with E-state index >= 15 is 0 Å².